The van der Waals surface area contributed by atoms with Gasteiger partial charge in [0.15, 0.2) is 0 Å². The van der Waals surface area contributed by atoms with Crippen molar-refractivity contribution in [1.29, 1.82) is 0 Å². The first kappa shape index (κ1) is 14.0. The summed E-state index contributed by atoms with van der Waals surface area (Å²) in [6.07, 6.45) is 4.63. The maximum absolute atomic E-state index is 12.2. The van der Waals surface area contributed by atoms with Gasteiger partial charge in [0.2, 0.25) is 5.82 Å². The number of hydrogen-bond donors (Lipinski definition) is 2. The lowest BCUT2D eigenvalue weighted by Gasteiger charge is -2.38. The third-order valence-corrected chi connectivity index (χ3v) is 4.07. The van der Waals surface area contributed by atoms with Gasteiger partial charge in [-0.1, -0.05) is 40.5 Å². The number of nitrogens with zero attached hydrogens (tertiary/aromatic N) is 2. The van der Waals surface area contributed by atoms with Crippen molar-refractivity contribution in [2.24, 2.45) is 5.41 Å². The molecule has 1 aromatic heterocycles. The highest BCUT2D eigenvalue weighted by Gasteiger charge is 2.33. The fourth-order valence-corrected chi connectivity index (χ4v) is 2.62. The summed E-state index contributed by atoms with van der Waals surface area (Å²) in [5.74, 6) is 1.10. The predicted octanol–water partition coefficient (Wildman–Crippen LogP) is 2.63. The average Bonchev–Trinajstić information content (AvgIpc) is 2.81. The Morgan fingerprint density at radius 1 is 1.42 bits per heavy atom. The van der Waals surface area contributed by atoms with Crippen LogP contribution in [0.15, 0.2) is 0 Å². The number of rotatable bonds is 3. The molecule has 1 fully saturated rings. The lowest BCUT2D eigenvalue weighted by molar-refractivity contribution is 0.0843. The molecule has 1 amide bonds. The zero-order chi connectivity index (χ0) is 14.0. The molecule has 1 aliphatic rings. The van der Waals surface area contributed by atoms with E-state index >= 15 is 0 Å². The minimum Gasteiger partial charge on any atom is -0.346 e. The van der Waals surface area contributed by atoms with E-state index in [-0.39, 0.29) is 29.1 Å². The van der Waals surface area contributed by atoms with E-state index in [9.17, 15) is 4.79 Å². The molecule has 1 saturated carbocycles. The van der Waals surface area contributed by atoms with E-state index in [1.165, 1.54) is 12.8 Å². The summed E-state index contributed by atoms with van der Waals surface area (Å²) in [5.41, 5.74) is 0.158. The second kappa shape index (κ2) is 5.31. The SMILES string of the molecule is CC(C)c1nc(C(=O)NC2CCCCC2(C)C)n[nH]1. The van der Waals surface area contributed by atoms with Crippen molar-refractivity contribution >= 4 is 5.91 Å². The van der Waals surface area contributed by atoms with Crippen molar-refractivity contribution in [1.82, 2.24) is 20.5 Å². The summed E-state index contributed by atoms with van der Waals surface area (Å²) < 4.78 is 0. The van der Waals surface area contributed by atoms with Crippen molar-refractivity contribution in [2.45, 2.75) is 65.3 Å². The topological polar surface area (TPSA) is 70.7 Å². The minimum absolute atomic E-state index is 0.158. The number of carbonyl (C=O) groups is 1. The van der Waals surface area contributed by atoms with Gasteiger partial charge in [0, 0.05) is 12.0 Å². The summed E-state index contributed by atoms with van der Waals surface area (Å²) in [4.78, 5) is 16.4. The Morgan fingerprint density at radius 2 is 2.16 bits per heavy atom. The van der Waals surface area contributed by atoms with Crippen molar-refractivity contribution in [3.05, 3.63) is 11.6 Å². The molecule has 0 spiro atoms. The Labute approximate surface area is 114 Å². The Bertz CT molecular complexity index is 450. The standard InChI is InChI=1S/C14H24N4O/c1-9(2)11-16-12(18-17-11)13(19)15-10-7-5-6-8-14(10,3)4/h9-10H,5-8H2,1-4H3,(H,15,19)(H,16,17,18). The van der Waals surface area contributed by atoms with Gasteiger partial charge in [-0.15, -0.1) is 5.10 Å². The fraction of sp³-hybridized carbons (Fsp3) is 0.786. The number of carbonyl (C=O) groups excluding carboxylic acids is 1. The van der Waals surface area contributed by atoms with Crippen molar-refractivity contribution in [3.8, 4) is 0 Å². The van der Waals surface area contributed by atoms with Gasteiger partial charge in [0.05, 0.1) is 0 Å². The highest BCUT2D eigenvalue weighted by molar-refractivity contribution is 5.90. The highest BCUT2D eigenvalue weighted by Crippen LogP contribution is 2.35. The lowest BCUT2D eigenvalue weighted by atomic mass is 9.73. The van der Waals surface area contributed by atoms with Crippen molar-refractivity contribution in [2.75, 3.05) is 0 Å². The van der Waals surface area contributed by atoms with Crippen LogP contribution in [0, 0.1) is 5.41 Å². The van der Waals surface area contributed by atoms with Crippen LogP contribution in [-0.4, -0.2) is 27.1 Å². The quantitative estimate of drug-likeness (QED) is 0.881. The second-order valence-electron chi connectivity index (χ2n) is 6.46. The molecule has 19 heavy (non-hydrogen) atoms. The molecular weight excluding hydrogens is 240 g/mol. The van der Waals surface area contributed by atoms with Crippen LogP contribution in [0.4, 0.5) is 0 Å². The molecule has 1 unspecified atom stereocenters. The molecule has 1 heterocycles. The van der Waals surface area contributed by atoms with Gasteiger partial charge in [-0.25, -0.2) is 4.98 Å². The first-order chi connectivity index (χ1) is 8.90. The van der Waals surface area contributed by atoms with Crippen LogP contribution in [0.1, 0.15) is 75.7 Å². The first-order valence-corrected chi connectivity index (χ1v) is 7.13. The van der Waals surface area contributed by atoms with E-state index < -0.39 is 0 Å². The first-order valence-electron chi connectivity index (χ1n) is 7.13. The summed E-state index contributed by atoms with van der Waals surface area (Å²) in [5, 5.41) is 9.92. The van der Waals surface area contributed by atoms with Gasteiger partial charge >= 0.3 is 0 Å². The highest BCUT2D eigenvalue weighted by atomic mass is 16.2. The number of nitrogens with one attached hydrogen (secondary N) is 2. The number of amides is 1. The maximum atomic E-state index is 12.2. The molecule has 0 aromatic carbocycles. The molecule has 106 valence electrons. The van der Waals surface area contributed by atoms with E-state index in [0.29, 0.717) is 0 Å². The van der Waals surface area contributed by atoms with Crippen molar-refractivity contribution < 1.29 is 4.79 Å². The molecule has 2 rings (SSSR count). The zero-order valence-electron chi connectivity index (χ0n) is 12.3. The zero-order valence-corrected chi connectivity index (χ0v) is 12.3. The smallest absolute Gasteiger partial charge is 0.291 e. The van der Waals surface area contributed by atoms with Gasteiger partial charge in [-0.05, 0) is 18.3 Å². The number of hydrogen-bond acceptors (Lipinski definition) is 3. The second-order valence-corrected chi connectivity index (χ2v) is 6.46. The van der Waals surface area contributed by atoms with E-state index in [2.05, 4.69) is 34.3 Å². The maximum Gasteiger partial charge on any atom is 0.291 e. The van der Waals surface area contributed by atoms with Gasteiger partial charge < -0.3 is 5.32 Å². The monoisotopic (exact) mass is 264 g/mol. The molecular formula is C14H24N4O. The predicted molar refractivity (Wildman–Crippen MR) is 74.0 cm³/mol. The largest absolute Gasteiger partial charge is 0.346 e. The molecule has 0 radical (unpaired) electrons. The summed E-state index contributed by atoms with van der Waals surface area (Å²) >= 11 is 0. The molecule has 5 nitrogen and oxygen atoms in total. The van der Waals surface area contributed by atoms with Crippen LogP contribution >= 0.6 is 0 Å². The molecule has 0 aliphatic heterocycles. The van der Waals surface area contributed by atoms with Crippen LogP contribution in [-0.2, 0) is 0 Å². The van der Waals surface area contributed by atoms with Crippen LogP contribution in [0.3, 0.4) is 0 Å². The lowest BCUT2D eigenvalue weighted by Crippen LogP contribution is -2.47. The van der Waals surface area contributed by atoms with Crippen LogP contribution in [0.25, 0.3) is 0 Å². The number of H-pyrrole nitrogens is 1. The van der Waals surface area contributed by atoms with Crippen molar-refractivity contribution in [3.63, 3.8) is 0 Å². The molecule has 2 N–H and O–H groups in total. The van der Waals surface area contributed by atoms with Crippen LogP contribution in [0.5, 0.6) is 0 Å². The minimum atomic E-state index is -0.164. The Balaban J connectivity index is 2.03. The molecule has 0 saturated heterocycles. The Kier molecular flexibility index (Phi) is 3.92. The number of aromatic amines is 1. The molecule has 5 heteroatoms. The average molecular weight is 264 g/mol. The molecule has 1 aromatic rings. The fourth-order valence-electron chi connectivity index (χ4n) is 2.62. The Hall–Kier alpha value is -1.39. The van der Waals surface area contributed by atoms with Crippen LogP contribution in [0.2, 0.25) is 0 Å². The van der Waals surface area contributed by atoms with Gasteiger partial charge in [-0.3, -0.25) is 9.89 Å². The van der Waals surface area contributed by atoms with Gasteiger partial charge in [0.1, 0.15) is 5.82 Å². The summed E-state index contributed by atoms with van der Waals surface area (Å²) in [7, 11) is 0. The van der Waals surface area contributed by atoms with E-state index in [0.717, 1.165) is 18.7 Å². The van der Waals surface area contributed by atoms with E-state index in [4.69, 9.17) is 0 Å². The third-order valence-electron chi connectivity index (χ3n) is 4.07. The van der Waals surface area contributed by atoms with Gasteiger partial charge in [-0.2, -0.15) is 0 Å². The van der Waals surface area contributed by atoms with Crippen LogP contribution < -0.4 is 5.32 Å². The summed E-state index contributed by atoms with van der Waals surface area (Å²) in [6.45, 7) is 8.47. The molecule has 1 aliphatic carbocycles. The summed E-state index contributed by atoms with van der Waals surface area (Å²) in [6, 6.07) is 0.217. The molecule has 1 atom stereocenters. The normalized spacial score (nSPS) is 22.5. The molecule has 0 bridgehead atoms. The number of aromatic nitrogens is 3. The van der Waals surface area contributed by atoms with E-state index in [1.807, 2.05) is 13.8 Å². The Morgan fingerprint density at radius 3 is 2.74 bits per heavy atom. The van der Waals surface area contributed by atoms with E-state index in [1.54, 1.807) is 0 Å². The third kappa shape index (κ3) is 3.14. The van der Waals surface area contributed by atoms with Gasteiger partial charge in [0.25, 0.3) is 5.91 Å².